The first-order valence-corrected chi connectivity index (χ1v) is 5.73. The monoisotopic (exact) mass is 225 g/mol. The highest BCUT2D eigenvalue weighted by molar-refractivity contribution is 5.23. The van der Waals surface area contributed by atoms with Gasteiger partial charge in [-0.2, -0.15) is 5.10 Å². The lowest BCUT2D eigenvalue weighted by Crippen LogP contribution is -2.26. The third-order valence-electron chi connectivity index (χ3n) is 2.87. The van der Waals surface area contributed by atoms with E-state index in [1.165, 1.54) is 11.3 Å². The summed E-state index contributed by atoms with van der Waals surface area (Å²) in [5, 5.41) is 17.3. The van der Waals surface area contributed by atoms with E-state index in [2.05, 4.69) is 17.3 Å². The van der Waals surface area contributed by atoms with E-state index in [0.717, 1.165) is 25.2 Å². The molecule has 0 aliphatic carbocycles. The maximum atomic E-state index is 9.57. The molecule has 0 saturated carbocycles. The fourth-order valence-corrected chi connectivity index (χ4v) is 1.68. The second-order valence-electron chi connectivity index (χ2n) is 5.01. The third-order valence-corrected chi connectivity index (χ3v) is 2.87. The van der Waals surface area contributed by atoms with E-state index in [9.17, 15) is 5.11 Å². The molecule has 92 valence electrons. The summed E-state index contributed by atoms with van der Waals surface area (Å²) in [7, 11) is 1.96. The fraction of sp³-hybridized carbons (Fsp3) is 0.750. The predicted octanol–water partition coefficient (Wildman–Crippen LogP) is 1.29. The molecule has 1 heterocycles. The minimum absolute atomic E-state index is 0.591. The zero-order valence-electron chi connectivity index (χ0n) is 11.0. The average molecular weight is 225 g/mol. The second-order valence-corrected chi connectivity index (χ2v) is 5.01. The van der Waals surface area contributed by atoms with Crippen LogP contribution in [0.25, 0.3) is 0 Å². The molecular formula is C12H23N3O. The summed E-state index contributed by atoms with van der Waals surface area (Å²) in [6, 6.07) is 0. The number of aromatic nitrogens is 2. The fourth-order valence-electron chi connectivity index (χ4n) is 1.68. The first-order chi connectivity index (χ1) is 7.31. The van der Waals surface area contributed by atoms with Crippen LogP contribution in [0.1, 0.15) is 37.2 Å². The Kier molecular flexibility index (Phi) is 4.10. The van der Waals surface area contributed by atoms with E-state index in [4.69, 9.17) is 0 Å². The molecule has 0 fully saturated rings. The van der Waals surface area contributed by atoms with E-state index >= 15 is 0 Å². The van der Waals surface area contributed by atoms with Crippen molar-refractivity contribution in [2.24, 2.45) is 7.05 Å². The van der Waals surface area contributed by atoms with Gasteiger partial charge in [-0.3, -0.25) is 4.68 Å². The minimum atomic E-state index is -0.591. The smallest absolute Gasteiger partial charge is 0.0641 e. The lowest BCUT2D eigenvalue weighted by molar-refractivity contribution is 0.0711. The van der Waals surface area contributed by atoms with Crippen molar-refractivity contribution in [1.29, 1.82) is 0 Å². The number of rotatable bonds is 5. The zero-order chi connectivity index (χ0) is 12.3. The van der Waals surface area contributed by atoms with E-state index in [-0.39, 0.29) is 0 Å². The van der Waals surface area contributed by atoms with Gasteiger partial charge < -0.3 is 10.4 Å². The maximum absolute atomic E-state index is 9.57. The van der Waals surface area contributed by atoms with Crippen molar-refractivity contribution in [2.75, 3.05) is 6.54 Å². The van der Waals surface area contributed by atoms with Crippen molar-refractivity contribution in [3.63, 3.8) is 0 Å². The molecule has 1 rings (SSSR count). The topological polar surface area (TPSA) is 50.1 Å². The molecule has 0 spiro atoms. The standard InChI is InChI=1S/C12H23N3O/c1-9-11(10(2)15(5)14-9)8-13-7-6-12(3,4)16/h13,16H,6-8H2,1-5H3. The van der Waals surface area contributed by atoms with E-state index in [1.54, 1.807) is 0 Å². The molecule has 0 unspecified atom stereocenters. The number of hydrogen-bond donors (Lipinski definition) is 2. The number of aliphatic hydroxyl groups is 1. The van der Waals surface area contributed by atoms with E-state index in [1.807, 2.05) is 32.5 Å². The van der Waals surface area contributed by atoms with Crippen LogP contribution in [0.5, 0.6) is 0 Å². The summed E-state index contributed by atoms with van der Waals surface area (Å²) in [6.07, 6.45) is 0.755. The third kappa shape index (κ3) is 3.61. The summed E-state index contributed by atoms with van der Waals surface area (Å²) >= 11 is 0. The van der Waals surface area contributed by atoms with Crippen molar-refractivity contribution < 1.29 is 5.11 Å². The van der Waals surface area contributed by atoms with Crippen LogP contribution in [0.4, 0.5) is 0 Å². The van der Waals surface area contributed by atoms with Crippen LogP contribution in [0.2, 0.25) is 0 Å². The van der Waals surface area contributed by atoms with Crippen molar-refractivity contribution >= 4 is 0 Å². The predicted molar refractivity (Wildman–Crippen MR) is 65.3 cm³/mol. The van der Waals surface area contributed by atoms with Crippen LogP contribution >= 0.6 is 0 Å². The van der Waals surface area contributed by atoms with Gasteiger partial charge in [0.25, 0.3) is 0 Å². The van der Waals surface area contributed by atoms with Gasteiger partial charge in [-0.15, -0.1) is 0 Å². The van der Waals surface area contributed by atoms with Gasteiger partial charge in [0.1, 0.15) is 0 Å². The van der Waals surface area contributed by atoms with Gasteiger partial charge in [-0.05, 0) is 40.7 Å². The molecule has 1 aromatic heterocycles. The summed E-state index contributed by atoms with van der Waals surface area (Å²) in [4.78, 5) is 0. The Morgan fingerprint density at radius 2 is 2.00 bits per heavy atom. The molecule has 1 aromatic rings. The molecule has 0 saturated heterocycles. The van der Waals surface area contributed by atoms with Crippen molar-refractivity contribution in [3.8, 4) is 0 Å². The highest BCUT2D eigenvalue weighted by atomic mass is 16.3. The van der Waals surface area contributed by atoms with Gasteiger partial charge in [0, 0.05) is 24.8 Å². The van der Waals surface area contributed by atoms with Crippen molar-refractivity contribution in [1.82, 2.24) is 15.1 Å². The Morgan fingerprint density at radius 3 is 2.44 bits per heavy atom. The molecule has 4 heteroatoms. The first-order valence-electron chi connectivity index (χ1n) is 5.73. The largest absolute Gasteiger partial charge is 0.390 e. The van der Waals surface area contributed by atoms with Gasteiger partial charge in [0.2, 0.25) is 0 Å². The molecular weight excluding hydrogens is 202 g/mol. The van der Waals surface area contributed by atoms with Gasteiger partial charge >= 0.3 is 0 Å². The van der Waals surface area contributed by atoms with Gasteiger partial charge in [-0.1, -0.05) is 0 Å². The summed E-state index contributed by atoms with van der Waals surface area (Å²) in [5.41, 5.74) is 2.95. The summed E-state index contributed by atoms with van der Waals surface area (Å²) in [5.74, 6) is 0. The van der Waals surface area contributed by atoms with Crippen LogP contribution < -0.4 is 5.32 Å². The average Bonchev–Trinajstić information content (AvgIpc) is 2.36. The molecule has 2 N–H and O–H groups in total. The zero-order valence-corrected chi connectivity index (χ0v) is 11.0. The van der Waals surface area contributed by atoms with Crippen molar-refractivity contribution in [3.05, 3.63) is 17.0 Å². The molecule has 0 aliphatic rings. The van der Waals surface area contributed by atoms with Crippen LogP contribution in [0.15, 0.2) is 0 Å². The molecule has 0 bridgehead atoms. The molecule has 0 aliphatic heterocycles. The Hall–Kier alpha value is -0.870. The van der Waals surface area contributed by atoms with Crippen LogP contribution in [0, 0.1) is 13.8 Å². The number of nitrogens with zero attached hydrogens (tertiary/aromatic N) is 2. The molecule has 0 amide bonds. The maximum Gasteiger partial charge on any atom is 0.0641 e. The Labute approximate surface area is 97.7 Å². The first kappa shape index (κ1) is 13.2. The lowest BCUT2D eigenvalue weighted by atomic mass is 10.1. The highest BCUT2D eigenvalue weighted by Crippen LogP contribution is 2.11. The SMILES string of the molecule is Cc1nn(C)c(C)c1CNCCC(C)(C)O. The van der Waals surface area contributed by atoms with Gasteiger partial charge in [0.05, 0.1) is 11.3 Å². The van der Waals surface area contributed by atoms with Crippen molar-refractivity contribution in [2.45, 2.75) is 46.3 Å². The molecule has 4 nitrogen and oxygen atoms in total. The minimum Gasteiger partial charge on any atom is -0.390 e. The normalized spacial score (nSPS) is 12.1. The lowest BCUT2D eigenvalue weighted by Gasteiger charge is -2.17. The second kappa shape index (κ2) is 4.97. The molecule has 0 aromatic carbocycles. The number of aryl methyl sites for hydroxylation is 2. The molecule has 16 heavy (non-hydrogen) atoms. The Morgan fingerprint density at radius 1 is 1.38 bits per heavy atom. The van der Waals surface area contributed by atoms with E-state index < -0.39 is 5.60 Å². The quantitative estimate of drug-likeness (QED) is 0.742. The van der Waals surface area contributed by atoms with Gasteiger partial charge in [0.15, 0.2) is 0 Å². The molecule has 0 radical (unpaired) electrons. The Bertz CT molecular complexity index is 350. The number of nitrogens with one attached hydrogen (secondary N) is 1. The summed E-state index contributed by atoms with van der Waals surface area (Å²) in [6.45, 7) is 9.40. The van der Waals surface area contributed by atoms with Crippen LogP contribution in [0.3, 0.4) is 0 Å². The van der Waals surface area contributed by atoms with Crippen LogP contribution in [-0.4, -0.2) is 27.0 Å². The van der Waals surface area contributed by atoms with E-state index in [0.29, 0.717) is 0 Å². The highest BCUT2D eigenvalue weighted by Gasteiger charge is 2.12. The number of hydrogen-bond acceptors (Lipinski definition) is 3. The molecule has 0 atom stereocenters. The Balaban J connectivity index is 2.43. The van der Waals surface area contributed by atoms with Crippen LogP contribution in [-0.2, 0) is 13.6 Å². The van der Waals surface area contributed by atoms with Gasteiger partial charge in [-0.25, -0.2) is 0 Å². The summed E-state index contributed by atoms with van der Waals surface area (Å²) < 4.78 is 1.91.